The molecule has 1 aromatic rings. The molecule has 1 heterocycles. The minimum absolute atomic E-state index is 0.355. The maximum Gasteiger partial charge on any atom is 0.261 e. The average molecular weight is 245 g/mol. The Hall–Kier alpha value is -2.10. The maximum absolute atomic E-state index is 11.8. The third kappa shape index (κ3) is 2.14. The normalized spacial score (nSPS) is 16.4. The Morgan fingerprint density at radius 1 is 1.17 bits per heavy atom. The number of benzene rings is 1. The zero-order valence-electron chi connectivity index (χ0n) is 10.4. The van der Waals surface area contributed by atoms with E-state index >= 15 is 0 Å². The molecule has 4 heteroatoms. The first-order valence-electron chi connectivity index (χ1n) is 5.98. The SMILES string of the molecule is CCO/C=C1\C(=O)NC(=O)c2ccc(CC)cc21. The van der Waals surface area contributed by atoms with Crippen LogP contribution in [0.3, 0.4) is 0 Å². The second-order valence-corrected chi connectivity index (χ2v) is 4.00. The van der Waals surface area contributed by atoms with Crippen LogP contribution in [-0.4, -0.2) is 18.4 Å². The Morgan fingerprint density at radius 2 is 1.94 bits per heavy atom. The summed E-state index contributed by atoms with van der Waals surface area (Å²) in [6.07, 6.45) is 2.27. The fourth-order valence-electron chi connectivity index (χ4n) is 1.88. The van der Waals surface area contributed by atoms with Crippen molar-refractivity contribution in [2.75, 3.05) is 6.61 Å². The summed E-state index contributed by atoms with van der Waals surface area (Å²) in [5, 5.41) is 2.31. The Kier molecular flexibility index (Phi) is 3.46. The van der Waals surface area contributed by atoms with E-state index in [1.54, 1.807) is 6.07 Å². The smallest absolute Gasteiger partial charge is 0.261 e. The number of ether oxygens (including phenoxy) is 1. The number of aryl methyl sites for hydroxylation is 1. The summed E-state index contributed by atoms with van der Waals surface area (Å²) >= 11 is 0. The van der Waals surface area contributed by atoms with Gasteiger partial charge in [-0.1, -0.05) is 19.1 Å². The van der Waals surface area contributed by atoms with Crippen molar-refractivity contribution in [2.24, 2.45) is 0 Å². The first kappa shape index (κ1) is 12.4. The molecule has 94 valence electrons. The molecule has 1 aromatic carbocycles. The second kappa shape index (κ2) is 5.04. The van der Waals surface area contributed by atoms with Gasteiger partial charge in [0.15, 0.2) is 0 Å². The van der Waals surface area contributed by atoms with Crippen LogP contribution >= 0.6 is 0 Å². The highest BCUT2D eigenvalue weighted by atomic mass is 16.5. The Balaban J connectivity index is 2.55. The molecule has 1 aliphatic rings. The van der Waals surface area contributed by atoms with Crippen molar-refractivity contribution in [1.82, 2.24) is 5.32 Å². The highest BCUT2D eigenvalue weighted by Crippen LogP contribution is 2.25. The van der Waals surface area contributed by atoms with E-state index in [0.29, 0.717) is 23.3 Å². The highest BCUT2D eigenvalue weighted by molar-refractivity contribution is 6.30. The van der Waals surface area contributed by atoms with Crippen LogP contribution in [0.25, 0.3) is 5.57 Å². The van der Waals surface area contributed by atoms with E-state index in [2.05, 4.69) is 5.32 Å². The Bertz CT molecular complexity index is 532. The largest absolute Gasteiger partial charge is 0.501 e. The van der Waals surface area contributed by atoms with Crippen LogP contribution in [0.15, 0.2) is 24.5 Å². The molecule has 0 saturated carbocycles. The van der Waals surface area contributed by atoms with Gasteiger partial charge in [-0.3, -0.25) is 14.9 Å². The molecule has 1 aliphatic heterocycles. The molecule has 1 N–H and O–H groups in total. The predicted molar refractivity (Wildman–Crippen MR) is 67.9 cm³/mol. The number of rotatable bonds is 3. The van der Waals surface area contributed by atoms with Gasteiger partial charge in [-0.2, -0.15) is 0 Å². The van der Waals surface area contributed by atoms with Crippen molar-refractivity contribution in [3.05, 3.63) is 41.2 Å². The van der Waals surface area contributed by atoms with Crippen LogP contribution in [0, 0.1) is 0 Å². The lowest BCUT2D eigenvalue weighted by Crippen LogP contribution is -2.36. The van der Waals surface area contributed by atoms with E-state index in [9.17, 15) is 9.59 Å². The van der Waals surface area contributed by atoms with Crippen LogP contribution in [0.1, 0.15) is 35.3 Å². The fraction of sp³-hybridized carbons (Fsp3) is 0.286. The molecule has 0 radical (unpaired) electrons. The van der Waals surface area contributed by atoms with Gasteiger partial charge in [0.1, 0.15) is 0 Å². The zero-order chi connectivity index (χ0) is 13.1. The lowest BCUT2D eigenvalue weighted by Gasteiger charge is -2.18. The van der Waals surface area contributed by atoms with Crippen molar-refractivity contribution in [2.45, 2.75) is 20.3 Å². The molecule has 0 atom stereocenters. The Morgan fingerprint density at radius 3 is 2.61 bits per heavy atom. The van der Waals surface area contributed by atoms with E-state index in [1.165, 1.54) is 6.26 Å². The average Bonchev–Trinajstić information content (AvgIpc) is 2.38. The molecule has 0 bridgehead atoms. The third-order valence-corrected chi connectivity index (χ3v) is 2.87. The van der Waals surface area contributed by atoms with Gasteiger partial charge in [-0.05, 0) is 25.0 Å². The van der Waals surface area contributed by atoms with Gasteiger partial charge in [0.25, 0.3) is 11.8 Å². The molecule has 0 spiro atoms. The molecule has 0 aliphatic carbocycles. The van der Waals surface area contributed by atoms with Gasteiger partial charge < -0.3 is 4.74 Å². The first-order valence-corrected chi connectivity index (χ1v) is 5.98. The van der Waals surface area contributed by atoms with Crippen LogP contribution in [-0.2, 0) is 16.0 Å². The quantitative estimate of drug-likeness (QED) is 0.502. The van der Waals surface area contributed by atoms with E-state index in [-0.39, 0.29) is 5.91 Å². The predicted octanol–water partition coefficient (Wildman–Crippen LogP) is 1.90. The number of hydrogen-bond acceptors (Lipinski definition) is 3. The number of imide groups is 1. The van der Waals surface area contributed by atoms with Gasteiger partial charge in [0, 0.05) is 11.1 Å². The number of hydrogen-bond donors (Lipinski definition) is 1. The molecular formula is C14H15NO3. The summed E-state index contributed by atoms with van der Waals surface area (Å²) in [6.45, 7) is 4.35. The van der Waals surface area contributed by atoms with Crippen LogP contribution in [0.2, 0.25) is 0 Å². The van der Waals surface area contributed by atoms with Crippen LogP contribution in [0.4, 0.5) is 0 Å². The fourth-order valence-corrected chi connectivity index (χ4v) is 1.88. The van der Waals surface area contributed by atoms with Gasteiger partial charge in [0.2, 0.25) is 0 Å². The monoisotopic (exact) mass is 245 g/mol. The van der Waals surface area contributed by atoms with Crippen molar-refractivity contribution in [3.8, 4) is 0 Å². The van der Waals surface area contributed by atoms with Gasteiger partial charge >= 0.3 is 0 Å². The molecule has 0 saturated heterocycles. The molecular weight excluding hydrogens is 230 g/mol. The van der Waals surface area contributed by atoms with Crippen LogP contribution in [0.5, 0.6) is 0 Å². The number of carbonyl (C=O) groups excluding carboxylic acids is 2. The van der Waals surface area contributed by atoms with Crippen molar-refractivity contribution in [1.29, 1.82) is 0 Å². The van der Waals surface area contributed by atoms with E-state index in [1.807, 2.05) is 26.0 Å². The summed E-state index contributed by atoms with van der Waals surface area (Å²) in [4.78, 5) is 23.5. The standard InChI is InChI=1S/C14H15NO3/c1-3-9-5-6-10-11(7-9)12(8-18-4-2)14(17)15-13(10)16/h5-8H,3-4H2,1-2H3,(H,15,16,17)/b12-8-. The van der Waals surface area contributed by atoms with Crippen molar-refractivity contribution >= 4 is 17.4 Å². The molecule has 2 amide bonds. The number of amides is 2. The van der Waals surface area contributed by atoms with Gasteiger partial charge in [-0.25, -0.2) is 0 Å². The number of fused-ring (bicyclic) bond motifs is 1. The van der Waals surface area contributed by atoms with E-state index < -0.39 is 5.91 Å². The molecule has 0 unspecified atom stereocenters. The summed E-state index contributed by atoms with van der Waals surface area (Å²) < 4.78 is 5.17. The van der Waals surface area contributed by atoms with E-state index in [0.717, 1.165) is 12.0 Å². The molecule has 0 fully saturated rings. The molecule has 2 rings (SSSR count). The zero-order valence-corrected chi connectivity index (χ0v) is 10.4. The lowest BCUT2D eigenvalue weighted by atomic mass is 9.93. The Labute approximate surface area is 106 Å². The molecule has 4 nitrogen and oxygen atoms in total. The van der Waals surface area contributed by atoms with Gasteiger partial charge in [-0.15, -0.1) is 0 Å². The number of nitrogens with one attached hydrogen (secondary N) is 1. The van der Waals surface area contributed by atoms with Crippen molar-refractivity contribution < 1.29 is 14.3 Å². The minimum Gasteiger partial charge on any atom is -0.501 e. The second-order valence-electron chi connectivity index (χ2n) is 4.00. The van der Waals surface area contributed by atoms with Crippen molar-refractivity contribution in [3.63, 3.8) is 0 Å². The molecule has 0 aromatic heterocycles. The van der Waals surface area contributed by atoms with Crippen LogP contribution < -0.4 is 5.32 Å². The number of carbonyl (C=O) groups is 2. The summed E-state index contributed by atoms with van der Waals surface area (Å²) in [7, 11) is 0. The lowest BCUT2D eigenvalue weighted by molar-refractivity contribution is -0.114. The van der Waals surface area contributed by atoms with Gasteiger partial charge in [0.05, 0.1) is 18.4 Å². The molecule has 18 heavy (non-hydrogen) atoms. The summed E-state index contributed by atoms with van der Waals surface area (Å²) in [6, 6.07) is 5.51. The topological polar surface area (TPSA) is 55.4 Å². The van der Waals surface area contributed by atoms with E-state index in [4.69, 9.17) is 4.74 Å². The first-order chi connectivity index (χ1) is 8.67. The highest BCUT2D eigenvalue weighted by Gasteiger charge is 2.27. The maximum atomic E-state index is 11.8. The minimum atomic E-state index is -0.408. The summed E-state index contributed by atoms with van der Waals surface area (Å²) in [5.74, 6) is -0.763. The third-order valence-electron chi connectivity index (χ3n) is 2.87. The summed E-state index contributed by atoms with van der Waals surface area (Å²) in [5.41, 5.74) is 2.65.